The molecule has 1 rings (SSSR count). The van der Waals surface area contributed by atoms with Crippen LogP contribution in [0.3, 0.4) is 0 Å². The molecule has 0 aliphatic heterocycles. The number of hydrogen-bond acceptors (Lipinski definition) is 5. The van der Waals surface area contributed by atoms with Crippen molar-refractivity contribution in [2.45, 2.75) is 0 Å². The zero-order valence-corrected chi connectivity index (χ0v) is 7.86. The molecule has 0 atom stereocenters. The minimum absolute atomic E-state index is 0.0867. The molecular weight excluding hydrogens is 168 g/mol. The minimum Gasteiger partial charge on any atom is -0.395 e. The molecule has 0 spiro atoms. The molecule has 72 valence electrons. The Bertz CT molecular complexity index is 264. The molecular formula is C8H14N4O. The topological polar surface area (TPSA) is 61.3 Å². The van der Waals surface area contributed by atoms with E-state index in [2.05, 4.69) is 15.3 Å². The van der Waals surface area contributed by atoms with Crippen LogP contribution in [0.4, 0.5) is 11.6 Å². The van der Waals surface area contributed by atoms with E-state index in [1.54, 1.807) is 12.4 Å². The van der Waals surface area contributed by atoms with Gasteiger partial charge >= 0.3 is 0 Å². The van der Waals surface area contributed by atoms with Gasteiger partial charge in [0.05, 0.1) is 6.61 Å². The zero-order chi connectivity index (χ0) is 9.68. The first-order chi connectivity index (χ1) is 6.25. The monoisotopic (exact) mass is 182 g/mol. The molecule has 0 aromatic carbocycles. The largest absolute Gasteiger partial charge is 0.395 e. The first-order valence-electron chi connectivity index (χ1n) is 4.08. The van der Waals surface area contributed by atoms with Crippen LogP contribution in [0.25, 0.3) is 0 Å². The zero-order valence-electron chi connectivity index (χ0n) is 7.86. The fourth-order valence-electron chi connectivity index (χ4n) is 0.957. The second kappa shape index (κ2) is 4.61. The number of aromatic nitrogens is 2. The van der Waals surface area contributed by atoms with Gasteiger partial charge in [0, 0.05) is 33.0 Å². The molecule has 0 saturated carbocycles. The van der Waals surface area contributed by atoms with E-state index in [0.717, 1.165) is 5.82 Å². The SMILES string of the molecule is CN(C)c1nccnc1NCCO. The number of rotatable bonds is 4. The first-order valence-corrected chi connectivity index (χ1v) is 4.08. The van der Waals surface area contributed by atoms with E-state index in [4.69, 9.17) is 5.11 Å². The van der Waals surface area contributed by atoms with E-state index < -0.39 is 0 Å². The van der Waals surface area contributed by atoms with E-state index in [1.165, 1.54) is 0 Å². The third-order valence-corrected chi connectivity index (χ3v) is 1.51. The lowest BCUT2D eigenvalue weighted by molar-refractivity contribution is 0.311. The molecule has 0 aliphatic rings. The van der Waals surface area contributed by atoms with Gasteiger partial charge in [-0.2, -0.15) is 0 Å². The first kappa shape index (κ1) is 9.73. The van der Waals surface area contributed by atoms with Crippen LogP contribution < -0.4 is 10.2 Å². The second-order valence-corrected chi connectivity index (χ2v) is 2.77. The molecule has 0 bridgehead atoms. The summed E-state index contributed by atoms with van der Waals surface area (Å²) in [6.07, 6.45) is 3.26. The third-order valence-electron chi connectivity index (χ3n) is 1.51. The van der Waals surface area contributed by atoms with Crippen molar-refractivity contribution >= 4 is 11.6 Å². The number of nitrogens with zero attached hydrogens (tertiary/aromatic N) is 3. The fourth-order valence-corrected chi connectivity index (χ4v) is 0.957. The van der Waals surface area contributed by atoms with E-state index in [0.29, 0.717) is 12.4 Å². The second-order valence-electron chi connectivity index (χ2n) is 2.77. The van der Waals surface area contributed by atoms with E-state index >= 15 is 0 Å². The van der Waals surface area contributed by atoms with Crippen molar-refractivity contribution < 1.29 is 5.11 Å². The average Bonchev–Trinajstić information content (AvgIpc) is 2.15. The molecule has 5 heteroatoms. The maximum absolute atomic E-state index is 8.63. The summed E-state index contributed by atoms with van der Waals surface area (Å²) in [4.78, 5) is 10.1. The van der Waals surface area contributed by atoms with Crippen molar-refractivity contribution in [1.29, 1.82) is 0 Å². The summed E-state index contributed by atoms with van der Waals surface area (Å²) >= 11 is 0. The normalized spacial score (nSPS) is 9.77. The average molecular weight is 182 g/mol. The minimum atomic E-state index is 0.0867. The fraction of sp³-hybridized carbons (Fsp3) is 0.500. The van der Waals surface area contributed by atoms with Gasteiger partial charge < -0.3 is 15.3 Å². The maximum atomic E-state index is 8.63. The predicted molar refractivity (Wildman–Crippen MR) is 51.9 cm³/mol. The Morgan fingerprint density at radius 1 is 1.38 bits per heavy atom. The van der Waals surface area contributed by atoms with Gasteiger partial charge in [0.1, 0.15) is 0 Å². The van der Waals surface area contributed by atoms with Crippen molar-refractivity contribution in [2.75, 3.05) is 37.5 Å². The third kappa shape index (κ3) is 2.55. The van der Waals surface area contributed by atoms with Gasteiger partial charge in [-0.25, -0.2) is 9.97 Å². The molecule has 0 fully saturated rings. The molecule has 0 amide bonds. The van der Waals surface area contributed by atoms with Gasteiger partial charge in [-0.15, -0.1) is 0 Å². The van der Waals surface area contributed by atoms with Gasteiger partial charge in [-0.1, -0.05) is 0 Å². The molecule has 5 nitrogen and oxygen atoms in total. The van der Waals surface area contributed by atoms with Gasteiger partial charge in [-0.05, 0) is 0 Å². The van der Waals surface area contributed by atoms with Gasteiger partial charge in [0.25, 0.3) is 0 Å². The molecule has 0 aliphatic carbocycles. The molecule has 1 heterocycles. The molecule has 2 N–H and O–H groups in total. The van der Waals surface area contributed by atoms with Crippen molar-refractivity contribution in [3.63, 3.8) is 0 Å². The van der Waals surface area contributed by atoms with Crippen molar-refractivity contribution in [3.05, 3.63) is 12.4 Å². The summed E-state index contributed by atoms with van der Waals surface area (Å²) in [5, 5.41) is 11.6. The molecule has 1 aromatic rings. The Kier molecular flexibility index (Phi) is 3.45. The summed E-state index contributed by atoms with van der Waals surface area (Å²) in [5.41, 5.74) is 0. The Morgan fingerprint density at radius 3 is 2.69 bits per heavy atom. The van der Waals surface area contributed by atoms with Crippen LogP contribution in [0.15, 0.2) is 12.4 Å². The quantitative estimate of drug-likeness (QED) is 0.683. The number of anilines is 2. The lowest BCUT2D eigenvalue weighted by Gasteiger charge is -2.14. The van der Waals surface area contributed by atoms with Crippen molar-refractivity contribution in [2.24, 2.45) is 0 Å². The Balaban J connectivity index is 2.78. The van der Waals surface area contributed by atoms with Crippen LogP contribution >= 0.6 is 0 Å². The van der Waals surface area contributed by atoms with E-state index in [1.807, 2.05) is 19.0 Å². The highest BCUT2D eigenvalue weighted by Crippen LogP contribution is 2.16. The van der Waals surface area contributed by atoms with Gasteiger partial charge in [0.15, 0.2) is 11.6 Å². The van der Waals surface area contributed by atoms with Crippen molar-refractivity contribution in [3.8, 4) is 0 Å². The van der Waals surface area contributed by atoms with Crippen LogP contribution in [-0.4, -0.2) is 42.3 Å². The Labute approximate surface area is 77.4 Å². The van der Waals surface area contributed by atoms with Gasteiger partial charge in [0.2, 0.25) is 0 Å². The summed E-state index contributed by atoms with van der Waals surface area (Å²) in [5.74, 6) is 1.47. The number of nitrogens with one attached hydrogen (secondary N) is 1. The Morgan fingerprint density at radius 2 is 2.08 bits per heavy atom. The summed E-state index contributed by atoms with van der Waals surface area (Å²) in [6, 6.07) is 0. The Hall–Kier alpha value is -1.36. The van der Waals surface area contributed by atoms with Gasteiger partial charge in [-0.3, -0.25) is 0 Å². The van der Waals surface area contributed by atoms with Crippen LogP contribution in [0.2, 0.25) is 0 Å². The van der Waals surface area contributed by atoms with Crippen LogP contribution in [0, 0.1) is 0 Å². The lowest BCUT2D eigenvalue weighted by atomic mass is 10.5. The maximum Gasteiger partial charge on any atom is 0.171 e. The van der Waals surface area contributed by atoms with E-state index in [-0.39, 0.29) is 6.61 Å². The molecule has 13 heavy (non-hydrogen) atoms. The van der Waals surface area contributed by atoms with Crippen molar-refractivity contribution in [1.82, 2.24) is 9.97 Å². The lowest BCUT2D eigenvalue weighted by Crippen LogP contribution is -2.16. The smallest absolute Gasteiger partial charge is 0.171 e. The molecule has 1 aromatic heterocycles. The summed E-state index contributed by atoms with van der Waals surface area (Å²) in [6.45, 7) is 0.572. The number of aliphatic hydroxyl groups excluding tert-OH is 1. The molecule has 0 saturated heterocycles. The highest BCUT2D eigenvalue weighted by atomic mass is 16.3. The van der Waals surface area contributed by atoms with Crippen LogP contribution in [0.5, 0.6) is 0 Å². The predicted octanol–water partition coefficient (Wildman–Crippen LogP) is -0.0532. The highest BCUT2D eigenvalue weighted by molar-refractivity contribution is 5.59. The van der Waals surface area contributed by atoms with Crippen LogP contribution in [0.1, 0.15) is 0 Å². The molecule has 0 radical (unpaired) electrons. The number of aliphatic hydroxyl groups is 1. The summed E-state index contributed by atoms with van der Waals surface area (Å²) in [7, 11) is 3.79. The number of hydrogen-bond donors (Lipinski definition) is 2. The van der Waals surface area contributed by atoms with E-state index in [9.17, 15) is 0 Å². The standard InChI is InChI=1S/C8H14N4O/c1-12(2)8-7(10-5-6-13)9-3-4-11-8/h3-4,13H,5-6H2,1-2H3,(H,9,10). The summed E-state index contributed by atoms with van der Waals surface area (Å²) < 4.78 is 0. The van der Waals surface area contributed by atoms with Crippen LogP contribution in [-0.2, 0) is 0 Å². The molecule has 0 unspecified atom stereocenters. The highest BCUT2D eigenvalue weighted by Gasteiger charge is 2.04.